The van der Waals surface area contributed by atoms with E-state index >= 15 is 0 Å². The van der Waals surface area contributed by atoms with Crippen molar-refractivity contribution in [1.29, 1.82) is 0 Å². The van der Waals surface area contributed by atoms with Gasteiger partial charge in [-0.15, -0.1) is 0 Å². The predicted octanol–water partition coefficient (Wildman–Crippen LogP) is 4.87. The molecule has 0 saturated carbocycles. The van der Waals surface area contributed by atoms with E-state index in [1.165, 1.54) is 6.42 Å². The molecule has 0 aromatic rings. The minimum absolute atomic E-state index is 0.151. The Bertz CT molecular complexity index is 572. The van der Waals surface area contributed by atoms with Crippen molar-refractivity contribution in [3.8, 4) is 0 Å². The number of piperazine rings is 1. The number of amides is 1. The summed E-state index contributed by atoms with van der Waals surface area (Å²) in [5, 5.41) is 0. The Hall–Kier alpha value is -0.850. The Morgan fingerprint density at radius 3 is 2.09 bits per heavy atom. The first-order chi connectivity index (χ1) is 14.7. The summed E-state index contributed by atoms with van der Waals surface area (Å²) in [4.78, 5) is 19.6. The molecule has 0 aromatic carbocycles. The molecule has 0 aromatic heterocycles. The summed E-state index contributed by atoms with van der Waals surface area (Å²) in [6.07, 6.45) is 4.37. The minimum atomic E-state index is -0.433. The molecule has 1 unspecified atom stereocenters. The van der Waals surface area contributed by atoms with Crippen molar-refractivity contribution >= 4 is 6.09 Å². The fourth-order valence-corrected chi connectivity index (χ4v) is 4.52. The lowest BCUT2D eigenvalue weighted by Gasteiger charge is -2.38. The SMILES string of the molecule is CC(C)(C)CCN1CCN(C(=O)OC(C)(C)CCCN2CCOC(CC(C)(C)C)C2)CC1. The quantitative estimate of drug-likeness (QED) is 0.524. The Labute approximate surface area is 198 Å². The Morgan fingerprint density at radius 1 is 0.844 bits per heavy atom. The summed E-state index contributed by atoms with van der Waals surface area (Å²) in [7, 11) is 0. The van der Waals surface area contributed by atoms with E-state index in [4.69, 9.17) is 9.47 Å². The van der Waals surface area contributed by atoms with Gasteiger partial charge < -0.3 is 14.4 Å². The lowest BCUT2D eigenvalue weighted by Crippen LogP contribution is -2.50. The normalized spacial score (nSPS) is 22.2. The first-order valence-corrected chi connectivity index (χ1v) is 12.8. The Morgan fingerprint density at radius 2 is 1.50 bits per heavy atom. The molecule has 188 valence electrons. The van der Waals surface area contributed by atoms with Crippen LogP contribution >= 0.6 is 0 Å². The highest BCUT2D eigenvalue weighted by molar-refractivity contribution is 5.68. The van der Waals surface area contributed by atoms with Crippen LogP contribution in [0.5, 0.6) is 0 Å². The van der Waals surface area contributed by atoms with Crippen LogP contribution in [0.15, 0.2) is 0 Å². The molecule has 0 spiro atoms. The summed E-state index contributed by atoms with van der Waals surface area (Å²) >= 11 is 0. The summed E-state index contributed by atoms with van der Waals surface area (Å²) in [5.41, 5.74) is 0.217. The maximum Gasteiger partial charge on any atom is 0.410 e. The molecule has 2 rings (SSSR count). The number of rotatable bonds is 8. The van der Waals surface area contributed by atoms with Gasteiger partial charge in [0, 0.05) is 39.3 Å². The third-order valence-electron chi connectivity index (χ3n) is 6.49. The average molecular weight is 454 g/mol. The highest BCUT2D eigenvalue weighted by atomic mass is 16.6. The third-order valence-corrected chi connectivity index (χ3v) is 6.49. The van der Waals surface area contributed by atoms with E-state index in [2.05, 4.69) is 51.3 Å². The van der Waals surface area contributed by atoms with Gasteiger partial charge in [-0.2, -0.15) is 0 Å². The number of nitrogens with zero attached hydrogens (tertiary/aromatic N) is 3. The van der Waals surface area contributed by atoms with Gasteiger partial charge in [-0.05, 0) is 63.5 Å². The second-order valence-corrected chi connectivity index (χ2v) is 12.9. The van der Waals surface area contributed by atoms with Gasteiger partial charge in [0.15, 0.2) is 0 Å². The summed E-state index contributed by atoms with van der Waals surface area (Å²) < 4.78 is 11.9. The van der Waals surface area contributed by atoms with E-state index in [-0.39, 0.29) is 6.09 Å². The van der Waals surface area contributed by atoms with Crippen LogP contribution in [0.4, 0.5) is 4.79 Å². The van der Waals surface area contributed by atoms with Crippen molar-refractivity contribution in [1.82, 2.24) is 14.7 Å². The summed E-state index contributed by atoms with van der Waals surface area (Å²) in [5.74, 6) is 0. The maximum atomic E-state index is 12.7. The van der Waals surface area contributed by atoms with Crippen molar-refractivity contribution in [2.24, 2.45) is 10.8 Å². The number of morpholine rings is 1. The molecule has 6 nitrogen and oxygen atoms in total. The van der Waals surface area contributed by atoms with Crippen LogP contribution < -0.4 is 0 Å². The first-order valence-electron chi connectivity index (χ1n) is 12.8. The molecule has 1 atom stereocenters. The van der Waals surface area contributed by atoms with Crippen molar-refractivity contribution in [2.45, 2.75) is 92.8 Å². The molecule has 2 saturated heterocycles. The molecule has 0 radical (unpaired) electrons. The Balaban J connectivity index is 1.67. The van der Waals surface area contributed by atoms with Crippen molar-refractivity contribution in [3.05, 3.63) is 0 Å². The number of hydrogen-bond donors (Lipinski definition) is 0. The van der Waals surface area contributed by atoms with Crippen LogP contribution in [0, 0.1) is 10.8 Å². The number of ether oxygens (including phenoxy) is 2. The molecule has 2 heterocycles. The molecule has 6 heteroatoms. The first kappa shape index (κ1) is 27.4. The zero-order valence-electron chi connectivity index (χ0n) is 22.3. The molecule has 32 heavy (non-hydrogen) atoms. The van der Waals surface area contributed by atoms with Crippen LogP contribution in [0.25, 0.3) is 0 Å². The van der Waals surface area contributed by atoms with Gasteiger partial charge in [-0.1, -0.05) is 41.5 Å². The van der Waals surface area contributed by atoms with E-state index in [1.54, 1.807) is 0 Å². The predicted molar refractivity (Wildman–Crippen MR) is 132 cm³/mol. The van der Waals surface area contributed by atoms with Gasteiger partial charge in [-0.3, -0.25) is 9.80 Å². The van der Waals surface area contributed by atoms with E-state index < -0.39 is 5.60 Å². The molecule has 2 aliphatic rings. The van der Waals surface area contributed by atoms with E-state index in [0.717, 1.165) is 78.2 Å². The van der Waals surface area contributed by atoms with Gasteiger partial charge in [-0.25, -0.2) is 4.79 Å². The van der Waals surface area contributed by atoms with Crippen LogP contribution in [0.1, 0.15) is 81.1 Å². The topological polar surface area (TPSA) is 45.2 Å². The van der Waals surface area contributed by atoms with Gasteiger partial charge in [0.2, 0.25) is 0 Å². The molecule has 0 N–H and O–H groups in total. The van der Waals surface area contributed by atoms with Crippen LogP contribution in [0.3, 0.4) is 0 Å². The summed E-state index contributed by atoms with van der Waals surface area (Å²) in [6, 6.07) is 0. The van der Waals surface area contributed by atoms with E-state index in [9.17, 15) is 4.79 Å². The number of carbonyl (C=O) groups excluding carboxylic acids is 1. The molecule has 2 aliphatic heterocycles. The fraction of sp³-hybridized carbons (Fsp3) is 0.962. The third kappa shape index (κ3) is 10.8. The second kappa shape index (κ2) is 11.5. The molecular weight excluding hydrogens is 402 g/mol. The molecule has 0 bridgehead atoms. The number of hydrogen-bond acceptors (Lipinski definition) is 5. The highest BCUT2D eigenvalue weighted by Crippen LogP contribution is 2.25. The largest absolute Gasteiger partial charge is 0.443 e. The molecule has 1 amide bonds. The lowest BCUT2D eigenvalue weighted by atomic mass is 9.88. The molecular formula is C26H51N3O3. The second-order valence-electron chi connectivity index (χ2n) is 12.9. The van der Waals surface area contributed by atoms with Crippen molar-refractivity contribution in [3.63, 3.8) is 0 Å². The molecule has 0 aliphatic carbocycles. The van der Waals surface area contributed by atoms with Crippen molar-refractivity contribution < 1.29 is 14.3 Å². The van der Waals surface area contributed by atoms with Gasteiger partial charge in [0.05, 0.1) is 12.7 Å². The van der Waals surface area contributed by atoms with Gasteiger partial charge in [0.1, 0.15) is 5.60 Å². The summed E-state index contributed by atoms with van der Waals surface area (Å²) in [6.45, 7) is 26.2. The zero-order chi connectivity index (χ0) is 24.0. The minimum Gasteiger partial charge on any atom is -0.443 e. The number of carbonyl (C=O) groups is 1. The monoisotopic (exact) mass is 453 g/mol. The average Bonchev–Trinajstić information content (AvgIpc) is 2.64. The fourth-order valence-electron chi connectivity index (χ4n) is 4.52. The standard InChI is InChI=1S/C26H51N3O3/c1-24(2,3)11-13-27-14-16-29(17-15-27)23(30)32-26(7,8)10-9-12-28-18-19-31-22(21-28)20-25(4,5)6/h22H,9-21H2,1-8H3. The van der Waals surface area contributed by atoms with Gasteiger partial charge >= 0.3 is 6.09 Å². The zero-order valence-corrected chi connectivity index (χ0v) is 22.3. The molecule has 2 fully saturated rings. The van der Waals surface area contributed by atoms with Gasteiger partial charge in [0.25, 0.3) is 0 Å². The Kier molecular flexibility index (Phi) is 9.87. The smallest absolute Gasteiger partial charge is 0.410 e. The maximum absolute atomic E-state index is 12.7. The highest BCUT2D eigenvalue weighted by Gasteiger charge is 2.30. The van der Waals surface area contributed by atoms with Crippen LogP contribution in [0.2, 0.25) is 0 Å². The van der Waals surface area contributed by atoms with E-state index in [0.29, 0.717) is 16.9 Å². The van der Waals surface area contributed by atoms with Crippen LogP contribution in [-0.2, 0) is 9.47 Å². The van der Waals surface area contributed by atoms with Crippen LogP contribution in [-0.4, -0.2) is 91.5 Å². The lowest BCUT2D eigenvalue weighted by molar-refractivity contribution is -0.0480. The van der Waals surface area contributed by atoms with E-state index in [1.807, 2.05) is 18.7 Å². The van der Waals surface area contributed by atoms with Crippen molar-refractivity contribution in [2.75, 3.05) is 59.0 Å².